The molecule has 3 nitrogen and oxygen atoms in total. The van der Waals surface area contributed by atoms with E-state index >= 15 is 0 Å². The highest BCUT2D eigenvalue weighted by molar-refractivity contribution is 5.83. The molecular weight excluding hydrogens is 200 g/mol. The molecule has 0 aromatic heterocycles. The van der Waals surface area contributed by atoms with Crippen LogP contribution in [0, 0.1) is 5.41 Å². The van der Waals surface area contributed by atoms with E-state index in [0.717, 1.165) is 32.4 Å². The molecule has 0 atom stereocenters. The van der Waals surface area contributed by atoms with E-state index in [0.29, 0.717) is 0 Å². The Morgan fingerprint density at radius 2 is 1.88 bits per heavy atom. The maximum absolute atomic E-state index is 12.3. The summed E-state index contributed by atoms with van der Waals surface area (Å²) >= 11 is 0. The fourth-order valence-electron chi connectivity index (χ4n) is 2.77. The van der Waals surface area contributed by atoms with Crippen molar-refractivity contribution in [3.63, 3.8) is 0 Å². The minimum Gasteiger partial charge on any atom is -0.350 e. The van der Waals surface area contributed by atoms with Gasteiger partial charge in [-0.15, -0.1) is 0 Å². The van der Waals surface area contributed by atoms with Crippen LogP contribution in [0.15, 0.2) is 0 Å². The Morgan fingerprint density at radius 3 is 2.31 bits per heavy atom. The number of hydrogen-bond acceptors (Lipinski definition) is 2. The molecule has 16 heavy (non-hydrogen) atoms. The summed E-state index contributed by atoms with van der Waals surface area (Å²) in [6.07, 6.45) is 6.63. The molecule has 0 radical (unpaired) electrons. The van der Waals surface area contributed by atoms with E-state index in [4.69, 9.17) is 0 Å². The molecule has 3 heteroatoms. The molecule has 0 aromatic carbocycles. The summed E-state index contributed by atoms with van der Waals surface area (Å²) in [4.78, 5) is 12.3. The number of amides is 1. The molecule has 2 fully saturated rings. The van der Waals surface area contributed by atoms with Crippen molar-refractivity contribution >= 4 is 5.91 Å². The third-order valence-corrected chi connectivity index (χ3v) is 4.62. The van der Waals surface area contributed by atoms with Crippen molar-refractivity contribution < 1.29 is 4.79 Å². The van der Waals surface area contributed by atoms with Gasteiger partial charge < -0.3 is 10.6 Å². The van der Waals surface area contributed by atoms with E-state index in [1.807, 2.05) is 0 Å². The second-order valence-electron chi connectivity index (χ2n) is 5.75. The minimum atomic E-state index is -0.136. The van der Waals surface area contributed by atoms with Crippen LogP contribution >= 0.6 is 0 Å². The Morgan fingerprint density at radius 1 is 1.25 bits per heavy atom. The van der Waals surface area contributed by atoms with Crippen LogP contribution in [0.4, 0.5) is 0 Å². The molecule has 1 amide bonds. The van der Waals surface area contributed by atoms with Crippen molar-refractivity contribution in [3.05, 3.63) is 0 Å². The lowest BCUT2D eigenvalue weighted by Crippen LogP contribution is -2.57. The number of carbonyl (C=O) groups excluding carboxylic acids is 1. The summed E-state index contributed by atoms with van der Waals surface area (Å²) in [6.45, 7) is 6.25. The van der Waals surface area contributed by atoms with Gasteiger partial charge in [0.1, 0.15) is 0 Å². The van der Waals surface area contributed by atoms with Gasteiger partial charge in [-0.3, -0.25) is 4.79 Å². The number of rotatable bonds is 3. The average molecular weight is 224 g/mol. The van der Waals surface area contributed by atoms with E-state index in [1.54, 1.807) is 0 Å². The second-order valence-corrected chi connectivity index (χ2v) is 5.75. The quantitative estimate of drug-likeness (QED) is 0.768. The first-order valence-corrected chi connectivity index (χ1v) is 6.64. The van der Waals surface area contributed by atoms with E-state index in [9.17, 15) is 4.79 Å². The molecule has 2 rings (SSSR count). The molecule has 0 spiro atoms. The van der Waals surface area contributed by atoms with Crippen molar-refractivity contribution in [2.75, 3.05) is 13.1 Å². The van der Waals surface area contributed by atoms with Crippen molar-refractivity contribution in [1.29, 1.82) is 0 Å². The van der Waals surface area contributed by atoms with Crippen LogP contribution in [0.25, 0.3) is 0 Å². The van der Waals surface area contributed by atoms with Crippen LogP contribution < -0.4 is 10.6 Å². The topological polar surface area (TPSA) is 41.1 Å². The highest BCUT2D eigenvalue weighted by Crippen LogP contribution is 2.37. The molecular formula is C13H24N2O. The lowest BCUT2D eigenvalue weighted by Gasteiger charge is -2.45. The largest absolute Gasteiger partial charge is 0.350 e. The summed E-state index contributed by atoms with van der Waals surface area (Å²) in [6, 6.07) is 0. The zero-order chi connectivity index (χ0) is 11.6. The predicted molar refractivity (Wildman–Crippen MR) is 65.2 cm³/mol. The molecule has 92 valence electrons. The highest BCUT2D eigenvalue weighted by atomic mass is 16.2. The first kappa shape index (κ1) is 11.9. The highest BCUT2D eigenvalue weighted by Gasteiger charge is 2.42. The van der Waals surface area contributed by atoms with Crippen LogP contribution in [0.5, 0.6) is 0 Å². The number of hydrogen-bond donors (Lipinski definition) is 2. The van der Waals surface area contributed by atoms with Crippen molar-refractivity contribution in [2.24, 2.45) is 5.41 Å². The van der Waals surface area contributed by atoms with Crippen molar-refractivity contribution in [2.45, 2.75) is 57.9 Å². The lowest BCUT2D eigenvalue weighted by molar-refractivity contribution is -0.134. The second kappa shape index (κ2) is 4.36. The van der Waals surface area contributed by atoms with E-state index in [1.165, 1.54) is 19.3 Å². The van der Waals surface area contributed by atoms with Gasteiger partial charge >= 0.3 is 0 Å². The molecule has 1 aliphatic heterocycles. The standard InChI is InChI=1S/C13H24N2O/c1-3-13(5-4-6-13)15-11(16)12(2)7-9-14-10-8-12/h14H,3-10H2,1-2H3,(H,15,16). The molecule has 2 aliphatic rings. The summed E-state index contributed by atoms with van der Waals surface area (Å²) in [7, 11) is 0. The molecule has 1 heterocycles. The van der Waals surface area contributed by atoms with Gasteiger partial charge in [0.2, 0.25) is 5.91 Å². The first-order valence-electron chi connectivity index (χ1n) is 6.64. The van der Waals surface area contributed by atoms with Gasteiger partial charge in [0.05, 0.1) is 0 Å². The number of carbonyl (C=O) groups is 1. The predicted octanol–water partition coefficient (Wildman–Crippen LogP) is 1.82. The van der Waals surface area contributed by atoms with Gasteiger partial charge in [0.25, 0.3) is 0 Å². The molecule has 1 saturated heterocycles. The van der Waals surface area contributed by atoms with Gasteiger partial charge in [-0.25, -0.2) is 0 Å². The smallest absolute Gasteiger partial charge is 0.226 e. The molecule has 0 bridgehead atoms. The lowest BCUT2D eigenvalue weighted by atomic mass is 9.72. The third kappa shape index (κ3) is 2.10. The fourth-order valence-corrected chi connectivity index (χ4v) is 2.77. The maximum atomic E-state index is 12.3. The van der Waals surface area contributed by atoms with Crippen molar-refractivity contribution in [3.8, 4) is 0 Å². The number of nitrogens with one attached hydrogen (secondary N) is 2. The Kier molecular flexibility index (Phi) is 3.24. The molecule has 0 aromatic rings. The van der Waals surface area contributed by atoms with Gasteiger partial charge in [-0.05, 0) is 51.6 Å². The minimum absolute atomic E-state index is 0.136. The van der Waals surface area contributed by atoms with Crippen LogP contribution in [-0.4, -0.2) is 24.5 Å². The molecule has 1 saturated carbocycles. The van der Waals surface area contributed by atoms with Crippen molar-refractivity contribution in [1.82, 2.24) is 10.6 Å². The van der Waals surface area contributed by atoms with Crippen LogP contribution in [0.1, 0.15) is 52.4 Å². The zero-order valence-electron chi connectivity index (χ0n) is 10.6. The van der Waals surface area contributed by atoms with Gasteiger partial charge in [-0.1, -0.05) is 13.8 Å². The van der Waals surface area contributed by atoms with Gasteiger partial charge in [0.15, 0.2) is 0 Å². The first-order chi connectivity index (χ1) is 7.60. The Labute approximate surface area is 98.4 Å². The van der Waals surface area contributed by atoms with Gasteiger partial charge in [0, 0.05) is 11.0 Å². The van der Waals surface area contributed by atoms with Crippen LogP contribution in [0.3, 0.4) is 0 Å². The molecule has 1 aliphatic carbocycles. The van der Waals surface area contributed by atoms with E-state index in [-0.39, 0.29) is 16.9 Å². The average Bonchev–Trinajstić information content (AvgIpc) is 2.24. The molecule has 0 unspecified atom stereocenters. The summed E-state index contributed by atoms with van der Waals surface area (Å²) < 4.78 is 0. The summed E-state index contributed by atoms with van der Waals surface area (Å²) in [5.74, 6) is 0.288. The van der Waals surface area contributed by atoms with E-state index in [2.05, 4.69) is 24.5 Å². The summed E-state index contributed by atoms with van der Waals surface area (Å²) in [5, 5.41) is 6.64. The summed E-state index contributed by atoms with van der Waals surface area (Å²) in [5.41, 5.74) is 0.00792. The normalized spacial score (nSPS) is 26.9. The number of piperidine rings is 1. The molecule has 2 N–H and O–H groups in total. The maximum Gasteiger partial charge on any atom is 0.226 e. The Balaban J connectivity index is 1.96. The van der Waals surface area contributed by atoms with Gasteiger partial charge in [-0.2, -0.15) is 0 Å². The third-order valence-electron chi connectivity index (χ3n) is 4.62. The Bertz CT molecular complexity index is 260. The SMILES string of the molecule is CCC1(NC(=O)C2(C)CCNCC2)CCC1. The monoisotopic (exact) mass is 224 g/mol. The fraction of sp³-hybridized carbons (Fsp3) is 0.923. The van der Waals surface area contributed by atoms with Crippen LogP contribution in [-0.2, 0) is 4.79 Å². The van der Waals surface area contributed by atoms with Crippen LogP contribution in [0.2, 0.25) is 0 Å². The van der Waals surface area contributed by atoms with E-state index < -0.39 is 0 Å². The zero-order valence-corrected chi connectivity index (χ0v) is 10.6. The Hall–Kier alpha value is -0.570.